The van der Waals surface area contributed by atoms with Gasteiger partial charge >= 0.3 is 6.18 Å². The van der Waals surface area contributed by atoms with Crippen molar-refractivity contribution < 1.29 is 27.5 Å². The van der Waals surface area contributed by atoms with Gasteiger partial charge in [0.25, 0.3) is 11.8 Å². The smallest absolute Gasteiger partial charge is 0.405 e. The van der Waals surface area contributed by atoms with E-state index >= 15 is 0 Å². The van der Waals surface area contributed by atoms with E-state index in [4.69, 9.17) is 16.3 Å². The van der Waals surface area contributed by atoms with Gasteiger partial charge in [-0.3, -0.25) is 9.59 Å². The minimum absolute atomic E-state index is 0.0230. The number of benzene rings is 2. The molecule has 0 atom stereocenters. The molecular formula is C17H14ClF3N2O3. The standard InChI is InChI=1S/C17H14ClF3N2O3/c1-26-14-6-5-11(18)8-13(14)16(25)23-12-4-2-3-10(7-12)15(24)22-9-17(19,20)21/h2-8H,9H2,1H3,(H,22,24)(H,23,25). The number of ether oxygens (including phenoxy) is 1. The van der Waals surface area contributed by atoms with E-state index in [-0.39, 0.29) is 16.8 Å². The maximum absolute atomic E-state index is 12.4. The van der Waals surface area contributed by atoms with Gasteiger partial charge in [0.05, 0.1) is 12.7 Å². The molecule has 0 radical (unpaired) electrons. The van der Waals surface area contributed by atoms with Crippen molar-refractivity contribution in [3.05, 3.63) is 58.6 Å². The van der Waals surface area contributed by atoms with Crippen molar-refractivity contribution in [2.24, 2.45) is 0 Å². The molecule has 0 spiro atoms. The number of hydrogen-bond acceptors (Lipinski definition) is 3. The summed E-state index contributed by atoms with van der Waals surface area (Å²) in [6, 6.07) is 10.0. The Morgan fingerprint density at radius 3 is 2.50 bits per heavy atom. The zero-order valence-corrected chi connectivity index (χ0v) is 14.2. The molecule has 0 saturated carbocycles. The molecule has 0 bridgehead atoms. The molecule has 2 aromatic carbocycles. The molecule has 2 N–H and O–H groups in total. The molecule has 138 valence electrons. The summed E-state index contributed by atoms with van der Waals surface area (Å²) in [5, 5.41) is 4.64. The van der Waals surface area contributed by atoms with Crippen LogP contribution in [0.5, 0.6) is 5.75 Å². The second kappa shape index (κ2) is 8.09. The van der Waals surface area contributed by atoms with Crippen LogP contribution in [-0.4, -0.2) is 31.6 Å². The Bertz CT molecular complexity index is 825. The maximum Gasteiger partial charge on any atom is 0.405 e. The van der Waals surface area contributed by atoms with Gasteiger partial charge in [-0.1, -0.05) is 17.7 Å². The molecule has 2 amide bonds. The molecule has 0 aliphatic carbocycles. The Morgan fingerprint density at radius 1 is 1.12 bits per heavy atom. The van der Waals surface area contributed by atoms with Crippen LogP contribution in [0.3, 0.4) is 0 Å². The van der Waals surface area contributed by atoms with Crippen molar-refractivity contribution in [2.75, 3.05) is 19.0 Å². The van der Waals surface area contributed by atoms with E-state index in [9.17, 15) is 22.8 Å². The molecule has 0 aliphatic rings. The third-order valence-electron chi connectivity index (χ3n) is 3.24. The number of nitrogens with one attached hydrogen (secondary N) is 2. The summed E-state index contributed by atoms with van der Waals surface area (Å²) in [6.07, 6.45) is -4.51. The van der Waals surface area contributed by atoms with E-state index in [1.807, 2.05) is 0 Å². The van der Waals surface area contributed by atoms with E-state index in [1.54, 1.807) is 11.4 Å². The number of carbonyl (C=O) groups is 2. The second-order valence-corrected chi connectivity index (χ2v) is 5.61. The van der Waals surface area contributed by atoms with Gasteiger partial charge in [-0.15, -0.1) is 0 Å². The Kier molecular flexibility index (Phi) is 6.10. The molecule has 0 saturated heterocycles. The van der Waals surface area contributed by atoms with Crippen LogP contribution in [0.15, 0.2) is 42.5 Å². The first-order valence-electron chi connectivity index (χ1n) is 7.29. The molecule has 9 heteroatoms. The van der Waals surface area contributed by atoms with Gasteiger partial charge in [-0.25, -0.2) is 0 Å². The minimum Gasteiger partial charge on any atom is -0.496 e. The largest absolute Gasteiger partial charge is 0.496 e. The van der Waals surface area contributed by atoms with Crippen LogP contribution in [0.2, 0.25) is 5.02 Å². The summed E-state index contributed by atoms with van der Waals surface area (Å²) < 4.78 is 41.6. The fourth-order valence-electron chi connectivity index (χ4n) is 2.08. The van der Waals surface area contributed by atoms with Gasteiger partial charge in [0.1, 0.15) is 12.3 Å². The fourth-order valence-corrected chi connectivity index (χ4v) is 2.25. The summed E-state index contributed by atoms with van der Waals surface area (Å²) in [5.41, 5.74) is 0.383. The molecular weight excluding hydrogens is 373 g/mol. The van der Waals surface area contributed by atoms with Crippen LogP contribution in [0.25, 0.3) is 0 Å². The lowest BCUT2D eigenvalue weighted by Gasteiger charge is -2.11. The Labute approximate surface area is 152 Å². The molecule has 2 rings (SSSR count). The SMILES string of the molecule is COc1ccc(Cl)cc1C(=O)Nc1cccc(C(=O)NCC(F)(F)F)c1. The van der Waals surface area contributed by atoms with Crippen LogP contribution >= 0.6 is 11.6 Å². The number of hydrogen-bond donors (Lipinski definition) is 2. The van der Waals surface area contributed by atoms with Crippen molar-refractivity contribution in [2.45, 2.75) is 6.18 Å². The second-order valence-electron chi connectivity index (χ2n) is 5.18. The van der Waals surface area contributed by atoms with E-state index in [0.717, 1.165) is 0 Å². The molecule has 5 nitrogen and oxygen atoms in total. The van der Waals surface area contributed by atoms with E-state index in [0.29, 0.717) is 10.8 Å². The van der Waals surface area contributed by atoms with Crippen LogP contribution in [-0.2, 0) is 0 Å². The normalized spacial score (nSPS) is 11.0. The summed E-state index contributed by atoms with van der Waals surface area (Å²) in [7, 11) is 1.39. The van der Waals surface area contributed by atoms with Crippen molar-refractivity contribution in [1.82, 2.24) is 5.32 Å². The number of halogens is 4. The van der Waals surface area contributed by atoms with Crippen LogP contribution in [0.4, 0.5) is 18.9 Å². The fraction of sp³-hybridized carbons (Fsp3) is 0.176. The highest BCUT2D eigenvalue weighted by Gasteiger charge is 2.28. The molecule has 26 heavy (non-hydrogen) atoms. The number of rotatable bonds is 5. The van der Waals surface area contributed by atoms with Crippen LogP contribution in [0, 0.1) is 0 Å². The zero-order valence-electron chi connectivity index (χ0n) is 13.5. The third kappa shape index (κ3) is 5.38. The number of amides is 2. The average Bonchev–Trinajstić information content (AvgIpc) is 2.59. The van der Waals surface area contributed by atoms with Gasteiger partial charge in [0.15, 0.2) is 0 Å². The third-order valence-corrected chi connectivity index (χ3v) is 3.47. The predicted molar refractivity (Wildman–Crippen MR) is 90.8 cm³/mol. The highest BCUT2D eigenvalue weighted by atomic mass is 35.5. The number of anilines is 1. The number of alkyl halides is 3. The van der Waals surface area contributed by atoms with Gasteiger partial charge in [0, 0.05) is 16.3 Å². The van der Waals surface area contributed by atoms with Gasteiger partial charge in [0.2, 0.25) is 0 Å². The highest BCUT2D eigenvalue weighted by Crippen LogP contribution is 2.24. The quantitative estimate of drug-likeness (QED) is 0.819. The van der Waals surface area contributed by atoms with Crippen LogP contribution < -0.4 is 15.4 Å². The Balaban J connectivity index is 2.14. The first-order chi connectivity index (χ1) is 12.2. The average molecular weight is 387 g/mol. The first kappa shape index (κ1) is 19.6. The molecule has 0 unspecified atom stereocenters. The molecule has 2 aromatic rings. The Hall–Kier alpha value is -2.74. The summed E-state index contributed by atoms with van der Waals surface area (Å²) >= 11 is 5.88. The zero-order chi connectivity index (χ0) is 19.3. The van der Waals surface area contributed by atoms with Crippen molar-refractivity contribution >= 4 is 29.1 Å². The highest BCUT2D eigenvalue weighted by molar-refractivity contribution is 6.31. The van der Waals surface area contributed by atoms with Crippen molar-refractivity contribution in [3.63, 3.8) is 0 Å². The van der Waals surface area contributed by atoms with E-state index in [1.165, 1.54) is 43.5 Å². The number of carbonyl (C=O) groups excluding carboxylic acids is 2. The summed E-state index contributed by atoms with van der Waals surface area (Å²) in [5.74, 6) is -1.15. The molecule has 0 aromatic heterocycles. The molecule has 0 fully saturated rings. The predicted octanol–water partition coefficient (Wildman–Crippen LogP) is 3.89. The van der Waals surface area contributed by atoms with Crippen LogP contribution in [0.1, 0.15) is 20.7 Å². The lowest BCUT2D eigenvalue weighted by Crippen LogP contribution is -2.33. The van der Waals surface area contributed by atoms with E-state index in [2.05, 4.69) is 5.32 Å². The van der Waals surface area contributed by atoms with Crippen molar-refractivity contribution in [1.29, 1.82) is 0 Å². The van der Waals surface area contributed by atoms with Crippen molar-refractivity contribution in [3.8, 4) is 5.75 Å². The van der Waals surface area contributed by atoms with Gasteiger partial charge < -0.3 is 15.4 Å². The van der Waals surface area contributed by atoms with Gasteiger partial charge in [-0.2, -0.15) is 13.2 Å². The monoisotopic (exact) mass is 386 g/mol. The molecule has 0 aliphatic heterocycles. The Morgan fingerprint density at radius 2 is 1.85 bits per heavy atom. The lowest BCUT2D eigenvalue weighted by molar-refractivity contribution is -0.123. The minimum atomic E-state index is -4.51. The summed E-state index contributed by atoms with van der Waals surface area (Å²) in [6.45, 7) is -1.44. The van der Waals surface area contributed by atoms with Gasteiger partial charge in [-0.05, 0) is 36.4 Å². The lowest BCUT2D eigenvalue weighted by atomic mass is 10.1. The summed E-state index contributed by atoms with van der Waals surface area (Å²) in [4.78, 5) is 24.2. The topological polar surface area (TPSA) is 67.4 Å². The molecule has 0 heterocycles. The van der Waals surface area contributed by atoms with E-state index < -0.39 is 24.5 Å². The maximum atomic E-state index is 12.4. The first-order valence-corrected chi connectivity index (χ1v) is 7.67. The number of methoxy groups -OCH3 is 1.